The number of carbonyl (C=O) groups is 4. The Labute approximate surface area is 164 Å². The highest BCUT2D eigenvalue weighted by Gasteiger charge is 2.43. The third-order valence-electron chi connectivity index (χ3n) is 4.47. The van der Waals surface area contributed by atoms with Crippen LogP contribution in [-0.4, -0.2) is 46.9 Å². The molecule has 1 atom stereocenters. The van der Waals surface area contributed by atoms with E-state index in [0.29, 0.717) is 6.54 Å². The molecule has 2 N–H and O–H groups in total. The molecule has 1 fully saturated rings. The van der Waals surface area contributed by atoms with Gasteiger partial charge < -0.3 is 15.4 Å². The van der Waals surface area contributed by atoms with Crippen LogP contribution < -0.4 is 10.6 Å². The second-order valence-electron chi connectivity index (χ2n) is 7.45. The zero-order chi connectivity index (χ0) is 20.9. The standard InChI is InChI=1S/C20H27N3O5/c1-13-7-9-15(10-8-13)12-21-17(25)14(2)28-16(24)6-5-11-23-18(26)20(3,4)22-19(23)27/h7-10,14H,5-6,11-12H2,1-4H3,(H,21,25)(H,22,27)/t14-/m0/s1. The third-order valence-corrected chi connectivity index (χ3v) is 4.47. The zero-order valence-electron chi connectivity index (χ0n) is 16.7. The predicted molar refractivity (Wildman–Crippen MR) is 102 cm³/mol. The van der Waals surface area contributed by atoms with Crippen LogP contribution in [0.5, 0.6) is 0 Å². The largest absolute Gasteiger partial charge is 0.453 e. The summed E-state index contributed by atoms with van der Waals surface area (Å²) in [4.78, 5) is 48.9. The quantitative estimate of drug-likeness (QED) is 0.520. The molecule has 1 saturated heterocycles. The first-order valence-electron chi connectivity index (χ1n) is 9.27. The van der Waals surface area contributed by atoms with E-state index in [4.69, 9.17) is 4.74 Å². The van der Waals surface area contributed by atoms with E-state index in [1.165, 1.54) is 6.92 Å². The number of amides is 4. The molecule has 0 saturated carbocycles. The summed E-state index contributed by atoms with van der Waals surface area (Å²) >= 11 is 0. The van der Waals surface area contributed by atoms with Gasteiger partial charge in [0.15, 0.2) is 6.10 Å². The summed E-state index contributed by atoms with van der Waals surface area (Å²) in [6, 6.07) is 7.29. The van der Waals surface area contributed by atoms with E-state index in [1.807, 2.05) is 31.2 Å². The topological polar surface area (TPSA) is 105 Å². The van der Waals surface area contributed by atoms with Gasteiger partial charge in [-0.05, 0) is 39.7 Å². The number of urea groups is 1. The second-order valence-corrected chi connectivity index (χ2v) is 7.45. The van der Waals surface area contributed by atoms with Crippen LogP contribution in [-0.2, 0) is 25.7 Å². The van der Waals surface area contributed by atoms with E-state index in [2.05, 4.69) is 10.6 Å². The summed E-state index contributed by atoms with van der Waals surface area (Å²) < 4.78 is 5.12. The number of hydrogen-bond acceptors (Lipinski definition) is 5. The van der Waals surface area contributed by atoms with Crippen LogP contribution in [0.25, 0.3) is 0 Å². The highest BCUT2D eigenvalue weighted by atomic mass is 16.5. The maximum Gasteiger partial charge on any atom is 0.325 e. The van der Waals surface area contributed by atoms with Gasteiger partial charge in [-0.1, -0.05) is 29.8 Å². The predicted octanol–water partition coefficient (Wildman–Crippen LogP) is 1.65. The van der Waals surface area contributed by atoms with Crippen molar-refractivity contribution in [2.75, 3.05) is 6.54 Å². The lowest BCUT2D eigenvalue weighted by molar-refractivity contribution is -0.155. The highest BCUT2D eigenvalue weighted by molar-refractivity contribution is 6.06. The number of aryl methyl sites for hydroxylation is 1. The fraction of sp³-hybridized carbons (Fsp3) is 0.500. The molecule has 0 aliphatic carbocycles. The molecule has 0 aromatic heterocycles. The van der Waals surface area contributed by atoms with E-state index in [1.54, 1.807) is 13.8 Å². The lowest BCUT2D eigenvalue weighted by Crippen LogP contribution is -2.40. The van der Waals surface area contributed by atoms with Crippen LogP contribution in [0.15, 0.2) is 24.3 Å². The number of imide groups is 1. The van der Waals surface area contributed by atoms with Gasteiger partial charge in [-0.25, -0.2) is 4.79 Å². The van der Waals surface area contributed by atoms with Crippen molar-refractivity contribution in [2.24, 2.45) is 0 Å². The van der Waals surface area contributed by atoms with Gasteiger partial charge in [-0.3, -0.25) is 19.3 Å². The van der Waals surface area contributed by atoms with Crippen molar-refractivity contribution in [1.82, 2.24) is 15.5 Å². The van der Waals surface area contributed by atoms with Crippen molar-refractivity contribution in [3.63, 3.8) is 0 Å². The molecule has 0 spiro atoms. The maximum atomic E-state index is 12.1. The molecule has 28 heavy (non-hydrogen) atoms. The molecule has 1 aliphatic rings. The summed E-state index contributed by atoms with van der Waals surface area (Å²) in [5, 5.41) is 5.30. The number of ether oxygens (including phenoxy) is 1. The fourth-order valence-electron chi connectivity index (χ4n) is 2.75. The number of carbonyl (C=O) groups excluding carboxylic acids is 4. The van der Waals surface area contributed by atoms with Crippen molar-refractivity contribution in [1.29, 1.82) is 0 Å². The zero-order valence-corrected chi connectivity index (χ0v) is 16.7. The fourth-order valence-corrected chi connectivity index (χ4v) is 2.75. The summed E-state index contributed by atoms with van der Waals surface area (Å²) in [5.74, 6) is -1.26. The Morgan fingerprint density at radius 2 is 1.86 bits per heavy atom. The molecule has 1 aromatic rings. The van der Waals surface area contributed by atoms with Gasteiger partial charge in [0.25, 0.3) is 11.8 Å². The molecule has 2 rings (SSSR count). The lowest BCUT2D eigenvalue weighted by atomic mass is 10.1. The highest BCUT2D eigenvalue weighted by Crippen LogP contribution is 2.17. The minimum Gasteiger partial charge on any atom is -0.453 e. The van der Waals surface area contributed by atoms with Crippen molar-refractivity contribution in [3.8, 4) is 0 Å². The van der Waals surface area contributed by atoms with Crippen molar-refractivity contribution >= 4 is 23.8 Å². The Hall–Kier alpha value is -2.90. The monoisotopic (exact) mass is 389 g/mol. The molecule has 1 heterocycles. The minimum absolute atomic E-state index is 0.00701. The summed E-state index contributed by atoms with van der Waals surface area (Å²) in [6.45, 7) is 7.20. The summed E-state index contributed by atoms with van der Waals surface area (Å²) in [6.07, 6.45) is -0.646. The molecule has 8 nitrogen and oxygen atoms in total. The van der Waals surface area contributed by atoms with Crippen molar-refractivity contribution in [2.45, 2.75) is 58.7 Å². The second kappa shape index (κ2) is 8.86. The Bertz CT molecular complexity index is 758. The van der Waals surface area contributed by atoms with Crippen LogP contribution in [0, 0.1) is 6.92 Å². The van der Waals surface area contributed by atoms with Gasteiger partial charge in [0, 0.05) is 19.5 Å². The average molecular weight is 389 g/mol. The molecule has 1 aliphatic heterocycles. The van der Waals surface area contributed by atoms with Crippen molar-refractivity contribution in [3.05, 3.63) is 35.4 Å². The molecule has 4 amide bonds. The van der Waals surface area contributed by atoms with Crippen LogP contribution in [0.4, 0.5) is 4.79 Å². The molecule has 8 heteroatoms. The number of esters is 1. The lowest BCUT2D eigenvalue weighted by Gasteiger charge is -2.16. The summed E-state index contributed by atoms with van der Waals surface area (Å²) in [5.41, 5.74) is 1.16. The number of benzene rings is 1. The Morgan fingerprint density at radius 3 is 2.43 bits per heavy atom. The van der Waals surface area contributed by atoms with Gasteiger partial charge in [0.05, 0.1) is 0 Å². The van der Waals surface area contributed by atoms with Crippen molar-refractivity contribution < 1.29 is 23.9 Å². The first-order chi connectivity index (χ1) is 13.1. The SMILES string of the molecule is Cc1ccc(CNC(=O)[C@H](C)OC(=O)CCCN2C(=O)NC(C)(C)C2=O)cc1. The molecule has 152 valence electrons. The Morgan fingerprint density at radius 1 is 1.21 bits per heavy atom. The molecular weight excluding hydrogens is 362 g/mol. The number of rotatable bonds is 8. The number of nitrogens with zero attached hydrogens (tertiary/aromatic N) is 1. The molecule has 0 radical (unpaired) electrons. The average Bonchev–Trinajstić information content (AvgIpc) is 2.82. The third kappa shape index (κ3) is 5.55. The van der Waals surface area contributed by atoms with Gasteiger partial charge in [-0.15, -0.1) is 0 Å². The van der Waals surface area contributed by atoms with Crippen LogP contribution >= 0.6 is 0 Å². The molecule has 1 aromatic carbocycles. The normalized spacial score (nSPS) is 16.5. The molecule has 0 bridgehead atoms. The van der Waals surface area contributed by atoms with Gasteiger partial charge >= 0.3 is 12.0 Å². The first kappa shape index (κ1) is 21.4. The molecule has 0 unspecified atom stereocenters. The van der Waals surface area contributed by atoms with Crippen LogP contribution in [0.1, 0.15) is 44.7 Å². The van der Waals surface area contributed by atoms with E-state index in [0.717, 1.165) is 16.0 Å². The summed E-state index contributed by atoms with van der Waals surface area (Å²) in [7, 11) is 0. The smallest absolute Gasteiger partial charge is 0.325 e. The van der Waals surface area contributed by atoms with Gasteiger partial charge in [0.2, 0.25) is 0 Å². The van der Waals surface area contributed by atoms with E-state index in [-0.39, 0.29) is 31.2 Å². The Kier molecular flexibility index (Phi) is 6.77. The minimum atomic E-state index is -0.929. The maximum absolute atomic E-state index is 12.1. The Balaban J connectivity index is 1.70. The first-order valence-corrected chi connectivity index (χ1v) is 9.27. The number of nitrogens with one attached hydrogen (secondary N) is 2. The van der Waals surface area contributed by atoms with Gasteiger partial charge in [-0.2, -0.15) is 0 Å². The van der Waals surface area contributed by atoms with Crippen LogP contribution in [0.2, 0.25) is 0 Å². The van der Waals surface area contributed by atoms with E-state index in [9.17, 15) is 19.2 Å². The van der Waals surface area contributed by atoms with E-state index >= 15 is 0 Å². The number of hydrogen-bond donors (Lipinski definition) is 2. The van der Waals surface area contributed by atoms with Crippen LogP contribution in [0.3, 0.4) is 0 Å². The van der Waals surface area contributed by atoms with E-state index < -0.39 is 23.6 Å². The molecular formula is C20H27N3O5. The van der Waals surface area contributed by atoms with Gasteiger partial charge in [0.1, 0.15) is 5.54 Å².